The van der Waals surface area contributed by atoms with Crippen LogP contribution in [0.15, 0.2) is 16.7 Å². The molecular formula is C14H11N2O3S-. The number of pyridine rings is 1. The first kappa shape index (κ1) is 12.8. The Hall–Kier alpha value is -2.21. The zero-order chi connectivity index (χ0) is 14.4. The van der Waals surface area contributed by atoms with Crippen molar-refractivity contribution >= 4 is 28.4 Å². The van der Waals surface area contributed by atoms with Gasteiger partial charge in [0, 0.05) is 20.9 Å². The number of carboxylic acid groups (broad SMARTS) is 1. The van der Waals surface area contributed by atoms with Crippen molar-refractivity contribution in [2.45, 2.75) is 20.8 Å². The molecular weight excluding hydrogens is 276 g/mol. The maximum absolute atomic E-state index is 11.3. The summed E-state index contributed by atoms with van der Waals surface area (Å²) in [6, 6.07) is 3.51. The molecule has 0 atom stereocenters. The second-order valence-electron chi connectivity index (χ2n) is 4.62. The molecule has 0 N–H and O–H groups in total. The number of rotatable bonds is 2. The molecule has 6 heteroatoms. The Morgan fingerprint density at radius 3 is 2.65 bits per heavy atom. The second kappa shape index (κ2) is 4.42. The van der Waals surface area contributed by atoms with E-state index in [1.807, 2.05) is 19.9 Å². The van der Waals surface area contributed by atoms with Gasteiger partial charge in [-0.3, -0.25) is 0 Å². The maximum atomic E-state index is 11.3. The molecule has 3 aromatic rings. The third-order valence-corrected chi connectivity index (χ3v) is 4.12. The summed E-state index contributed by atoms with van der Waals surface area (Å²) in [6.07, 6.45) is 0. The zero-order valence-electron chi connectivity index (χ0n) is 11.2. The number of aromatic carboxylic acids is 1. The van der Waals surface area contributed by atoms with E-state index in [-0.39, 0.29) is 11.3 Å². The van der Waals surface area contributed by atoms with Crippen LogP contribution in [0.5, 0.6) is 0 Å². The number of thiophene rings is 1. The van der Waals surface area contributed by atoms with Gasteiger partial charge in [0.15, 0.2) is 0 Å². The van der Waals surface area contributed by atoms with Gasteiger partial charge in [-0.25, -0.2) is 4.98 Å². The van der Waals surface area contributed by atoms with E-state index < -0.39 is 5.97 Å². The first-order valence-corrected chi connectivity index (χ1v) is 6.85. The summed E-state index contributed by atoms with van der Waals surface area (Å²) in [5.41, 5.74) is 2.26. The smallest absolute Gasteiger partial charge is 0.259 e. The molecule has 0 aliphatic carbocycles. The van der Waals surface area contributed by atoms with E-state index in [0.717, 1.165) is 15.3 Å². The molecule has 3 rings (SSSR count). The van der Waals surface area contributed by atoms with Crippen molar-refractivity contribution in [3.8, 4) is 11.3 Å². The predicted molar refractivity (Wildman–Crippen MR) is 73.7 cm³/mol. The van der Waals surface area contributed by atoms with Gasteiger partial charge in [0.05, 0.1) is 22.7 Å². The van der Waals surface area contributed by atoms with Crippen LogP contribution < -0.4 is 5.11 Å². The molecule has 5 nitrogen and oxygen atoms in total. The van der Waals surface area contributed by atoms with Crippen LogP contribution in [-0.2, 0) is 0 Å². The van der Waals surface area contributed by atoms with Gasteiger partial charge in [-0.15, -0.1) is 11.3 Å². The van der Waals surface area contributed by atoms with Crippen molar-refractivity contribution in [1.29, 1.82) is 0 Å². The highest BCUT2D eigenvalue weighted by Gasteiger charge is 2.16. The lowest BCUT2D eigenvalue weighted by Crippen LogP contribution is -2.22. The summed E-state index contributed by atoms with van der Waals surface area (Å²) in [4.78, 5) is 17.9. The average molecular weight is 287 g/mol. The molecule has 102 valence electrons. The molecule has 0 aromatic carbocycles. The molecule has 0 unspecified atom stereocenters. The number of aromatic nitrogens is 2. The molecule has 0 radical (unpaired) electrons. The summed E-state index contributed by atoms with van der Waals surface area (Å²) < 4.78 is 5.10. The van der Waals surface area contributed by atoms with Gasteiger partial charge in [-0.05, 0) is 32.9 Å². The summed E-state index contributed by atoms with van der Waals surface area (Å²) in [5.74, 6) is -1.26. The number of hydrogen-bond donors (Lipinski definition) is 0. The SMILES string of the molecule is Cc1cc(-c2cc(C(=O)[O-])c3c(C)noc3n2)c(C)s1. The third kappa shape index (κ3) is 1.89. The van der Waals surface area contributed by atoms with Crippen LogP contribution in [0.1, 0.15) is 25.8 Å². The third-order valence-electron chi connectivity index (χ3n) is 3.15. The van der Waals surface area contributed by atoms with Crippen LogP contribution in [0.4, 0.5) is 0 Å². The molecule has 0 amide bonds. The topological polar surface area (TPSA) is 79.0 Å². The highest BCUT2D eigenvalue weighted by molar-refractivity contribution is 7.12. The largest absolute Gasteiger partial charge is 0.545 e. The van der Waals surface area contributed by atoms with Crippen LogP contribution in [0.2, 0.25) is 0 Å². The number of carbonyl (C=O) groups excluding carboxylic acids is 1. The average Bonchev–Trinajstić information content (AvgIpc) is 2.92. The summed E-state index contributed by atoms with van der Waals surface area (Å²) in [7, 11) is 0. The Kier molecular flexibility index (Phi) is 2.83. The summed E-state index contributed by atoms with van der Waals surface area (Å²) >= 11 is 1.64. The van der Waals surface area contributed by atoms with Crippen molar-refractivity contribution in [1.82, 2.24) is 10.1 Å². The predicted octanol–water partition coefficient (Wildman–Crippen LogP) is 2.24. The molecule has 20 heavy (non-hydrogen) atoms. The number of nitrogens with zero attached hydrogens (tertiary/aromatic N) is 2. The molecule has 0 saturated heterocycles. The molecule has 0 aliphatic heterocycles. The number of fused-ring (bicyclic) bond motifs is 1. The Labute approximate surface area is 118 Å². The number of hydrogen-bond acceptors (Lipinski definition) is 6. The van der Waals surface area contributed by atoms with E-state index in [4.69, 9.17) is 4.52 Å². The molecule has 0 saturated carbocycles. The molecule has 3 aromatic heterocycles. The minimum Gasteiger partial charge on any atom is -0.545 e. The maximum Gasteiger partial charge on any atom is 0.259 e. The van der Waals surface area contributed by atoms with E-state index in [2.05, 4.69) is 10.1 Å². The van der Waals surface area contributed by atoms with Crippen LogP contribution in [0, 0.1) is 20.8 Å². The fourth-order valence-corrected chi connectivity index (χ4v) is 3.21. The molecule has 0 aliphatic rings. The number of aryl methyl sites for hydroxylation is 3. The van der Waals surface area contributed by atoms with Crippen molar-refractivity contribution in [2.75, 3.05) is 0 Å². The molecule has 3 heterocycles. The second-order valence-corrected chi connectivity index (χ2v) is 6.08. The molecule has 0 bridgehead atoms. The van der Waals surface area contributed by atoms with Gasteiger partial charge in [0.25, 0.3) is 5.71 Å². The van der Waals surface area contributed by atoms with Crippen LogP contribution >= 0.6 is 11.3 Å². The summed E-state index contributed by atoms with van der Waals surface area (Å²) in [6.45, 7) is 5.65. The van der Waals surface area contributed by atoms with E-state index >= 15 is 0 Å². The van der Waals surface area contributed by atoms with Crippen molar-refractivity contribution in [2.24, 2.45) is 0 Å². The lowest BCUT2D eigenvalue weighted by Gasteiger charge is -2.07. The van der Waals surface area contributed by atoms with E-state index in [9.17, 15) is 9.90 Å². The lowest BCUT2D eigenvalue weighted by atomic mass is 10.1. The normalized spacial score (nSPS) is 11.2. The van der Waals surface area contributed by atoms with E-state index in [0.29, 0.717) is 16.8 Å². The monoisotopic (exact) mass is 287 g/mol. The molecule has 0 fully saturated rings. The van der Waals surface area contributed by atoms with Gasteiger partial charge in [0.2, 0.25) is 0 Å². The van der Waals surface area contributed by atoms with Crippen molar-refractivity contribution < 1.29 is 14.4 Å². The van der Waals surface area contributed by atoms with Gasteiger partial charge in [0.1, 0.15) is 0 Å². The Morgan fingerprint density at radius 1 is 1.30 bits per heavy atom. The minimum absolute atomic E-state index is 0.0620. The van der Waals surface area contributed by atoms with Gasteiger partial charge >= 0.3 is 0 Å². The van der Waals surface area contributed by atoms with Crippen LogP contribution in [-0.4, -0.2) is 16.1 Å². The van der Waals surface area contributed by atoms with Crippen molar-refractivity contribution in [3.05, 3.63) is 33.1 Å². The minimum atomic E-state index is -1.26. The van der Waals surface area contributed by atoms with Crippen LogP contribution in [0.3, 0.4) is 0 Å². The Morgan fingerprint density at radius 2 is 2.05 bits per heavy atom. The zero-order valence-corrected chi connectivity index (χ0v) is 12.0. The van der Waals surface area contributed by atoms with E-state index in [1.54, 1.807) is 18.3 Å². The summed E-state index contributed by atoms with van der Waals surface area (Å²) in [5, 5.41) is 15.5. The number of carbonyl (C=O) groups is 1. The molecule has 0 spiro atoms. The van der Waals surface area contributed by atoms with Gasteiger partial charge in [-0.2, -0.15) is 0 Å². The first-order valence-electron chi connectivity index (χ1n) is 6.03. The first-order chi connectivity index (χ1) is 9.47. The fourth-order valence-electron chi connectivity index (χ4n) is 2.28. The lowest BCUT2D eigenvalue weighted by molar-refractivity contribution is -0.254. The highest BCUT2D eigenvalue weighted by Crippen LogP contribution is 2.32. The van der Waals surface area contributed by atoms with Gasteiger partial charge < -0.3 is 14.4 Å². The van der Waals surface area contributed by atoms with Gasteiger partial charge in [-0.1, -0.05) is 5.16 Å². The van der Waals surface area contributed by atoms with E-state index in [1.165, 1.54) is 6.07 Å². The van der Waals surface area contributed by atoms with Crippen LogP contribution in [0.25, 0.3) is 22.4 Å². The Balaban J connectivity index is 2.33. The Bertz CT molecular complexity index is 832. The quantitative estimate of drug-likeness (QED) is 0.722. The standard InChI is InChI=1S/C14H12N2O3S/c1-6-4-9(8(3)20-6)11-5-10(14(17)18)12-7(2)16-19-13(12)15-11/h4-5H,1-3H3,(H,17,18)/p-1. The highest BCUT2D eigenvalue weighted by atomic mass is 32.1. The number of carboxylic acids is 1. The van der Waals surface area contributed by atoms with Crippen molar-refractivity contribution in [3.63, 3.8) is 0 Å². The fraction of sp³-hybridized carbons (Fsp3) is 0.214.